The lowest BCUT2D eigenvalue weighted by atomic mass is 9.94. The Morgan fingerprint density at radius 3 is 1.39 bits per heavy atom. The lowest BCUT2D eigenvalue weighted by Crippen LogP contribution is -2.71. The molecule has 0 aromatic rings. The molecule has 13 N–H and O–H groups in total. The number of rotatable bonds is 19. The lowest BCUT2D eigenvalue weighted by Gasteiger charge is -2.50. The molecule has 4 saturated heterocycles. The van der Waals surface area contributed by atoms with Crippen molar-refractivity contribution in [2.45, 2.75) is 137 Å². The predicted octanol–water partition coefficient (Wildman–Crippen LogP) is -8.41. The molecule has 20 atom stereocenters. The standard InChI is InChI=1S/C31H48N2O29S2/c1-4-5-53-28-12(32-8(2)34)21(14(36)10(56-28)6-54-63(47,48)49)58-31-20(42)18(40)23(25(62-31)27(45)46)60-29-13(33-9(3)35)22(15(37)11(57-29)7-55-64(50,51)52)59-30-19(41)16(38)17(39)24(61-30)26(43)44/h4,10-25,28-31,36-42H,1,5-7H2,2-3H3,(H,32,34)(H,33,35)(H,43,44)(H,45,46)(H,47,48,49)(H,50,51,52)/t10?,11?,12-,13-,14+,15+,16+,17-,18-,19?,20-,21-,22-,23-,24?,25?,28?,29?,30-,31?/m1/s1. The molecule has 0 aromatic carbocycles. The maximum Gasteiger partial charge on any atom is 0.397 e. The monoisotopic (exact) mass is 976 g/mol. The van der Waals surface area contributed by atoms with Crippen molar-refractivity contribution in [3.05, 3.63) is 12.7 Å². The van der Waals surface area contributed by atoms with Crippen LogP contribution in [0.1, 0.15) is 13.8 Å². The molecule has 0 saturated carbocycles. The number of carbonyl (C=O) groups is 4. The van der Waals surface area contributed by atoms with Crippen LogP contribution in [-0.2, 0) is 86.2 Å². The van der Waals surface area contributed by atoms with Crippen molar-refractivity contribution < 1.29 is 137 Å². The Labute approximate surface area is 361 Å². The molecule has 33 heteroatoms. The maximum atomic E-state index is 12.7. The molecular formula is C31H48N2O29S2. The van der Waals surface area contributed by atoms with E-state index in [0.29, 0.717) is 0 Å². The number of aliphatic hydroxyl groups is 7. The van der Waals surface area contributed by atoms with E-state index >= 15 is 0 Å². The Balaban J connectivity index is 1.70. The van der Waals surface area contributed by atoms with Crippen LogP contribution >= 0.6 is 0 Å². The molecule has 368 valence electrons. The van der Waals surface area contributed by atoms with Crippen molar-refractivity contribution in [1.29, 1.82) is 0 Å². The average Bonchev–Trinajstić information content (AvgIpc) is 3.18. The molecular weight excluding hydrogens is 928 g/mol. The average molecular weight is 977 g/mol. The highest BCUT2D eigenvalue weighted by atomic mass is 32.3. The number of carbonyl (C=O) groups excluding carboxylic acids is 2. The summed E-state index contributed by atoms with van der Waals surface area (Å²) in [6.45, 7) is 2.56. The minimum absolute atomic E-state index is 0.312. The molecule has 4 rings (SSSR count). The van der Waals surface area contributed by atoms with Gasteiger partial charge in [-0.05, 0) is 0 Å². The third-order valence-electron chi connectivity index (χ3n) is 9.70. The first kappa shape index (κ1) is 53.4. The highest BCUT2D eigenvalue weighted by molar-refractivity contribution is 7.81. The molecule has 0 aliphatic carbocycles. The summed E-state index contributed by atoms with van der Waals surface area (Å²) >= 11 is 0. The van der Waals surface area contributed by atoms with E-state index in [1.54, 1.807) is 0 Å². The lowest BCUT2D eigenvalue weighted by molar-refractivity contribution is -0.369. The largest absolute Gasteiger partial charge is 0.479 e. The molecule has 64 heavy (non-hydrogen) atoms. The molecule has 4 fully saturated rings. The fourth-order valence-electron chi connectivity index (χ4n) is 6.87. The number of aliphatic hydroxyl groups excluding tert-OH is 7. The van der Waals surface area contributed by atoms with Gasteiger partial charge in [-0.25, -0.2) is 18.0 Å². The molecule has 0 bridgehead atoms. The minimum atomic E-state index is -5.32. The van der Waals surface area contributed by atoms with Crippen LogP contribution < -0.4 is 10.6 Å². The molecule has 0 aromatic heterocycles. The zero-order valence-corrected chi connectivity index (χ0v) is 34.7. The Morgan fingerprint density at radius 2 is 0.969 bits per heavy atom. The fourth-order valence-corrected chi connectivity index (χ4v) is 7.48. The summed E-state index contributed by atoms with van der Waals surface area (Å²) in [5.41, 5.74) is 0. The maximum absolute atomic E-state index is 12.7. The quantitative estimate of drug-likeness (QED) is 0.0422. The number of carboxylic acids is 2. The minimum Gasteiger partial charge on any atom is -0.479 e. The summed E-state index contributed by atoms with van der Waals surface area (Å²) in [7, 11) is -10.5. The van der Waals surface area contributed by atoms with Crippen LogP contribution in [0.3, 0.4) is 0 Å². The van der Waals surface area contributed by atoms with Gasteiger partial charge in [-0.15, -0.1) is 6.58 Å². The Hall–Kier alpha value is -3.24. The van der Waals surface area contributed by atoms with E-state index < -0.39 is 180 Å². The fraction of sp³-hybridized carbons (Fsp3) is 0.806. The van der Waals surface area contributed by atoms with Crippen LogP contribution in [0.4, 0.5) is 0 Å². The number of aliphatic carboxylic acids is 2. The zero-order chi connectivity index (χ0) is 48.2. The van der Waals surface area contributed by atoms with Gasteiger partial charge in [0.1, 0.15) is 85.3 Å². The highest BCUT2D eigenvalue weighted by Crippen LogP contribution is 2.35. The van der Waals surface area contributed by atoms with Gasteiger partial charge in [0.2, 0.25) is 11.8 Å². The highest BCUT2D eigenvalue weighted by Gasteiger charge is 2.58. The van der Waals surface area contributed by atoms with Crippen LogP contribution in [0.5, 0.6) is 0 Å². The zero-order valence-electron chi connectivity index (χ0n) is 33.0. The first-order valence-corrected chi connectivity index (χ1v) is 21.2. The molecule has 4 heterocycles. The normalized spacial score (nSPS) is 40.8. The summed E-state index contributed by atoms with van der Waals surface area (Å²) in [5, 5.41) is 101. The van der Waals surface area contributed by atoms with Gasteiger partial charge in [0.25, 0.3) is 0 Å². The van der Waals surface area contributed by atoms with Crippen LogP contribution in [0, 0.1) is 0 Å². The van der Waals surface area contributed by atoms with E-state index in [9.17, 15) is 86.5 Å². The smallest absolute Gasteiger partial charge is 0.397 e. The van der Waals surface area contributed by atoms with Crippen LogP contribution in [-0.4, -0.2) is 238 Å². The first-order valence-electron chi connectivity index (χ1n) is 18.5. The summed E-state index contributed by atoms with van der Waals surface area (Å²) in [5.74, 6) is -5.71. The van der Waals surface area contributed by atoms with Crippen LogP contribution in [0.25, 0.3) is 0 Å². The summed E-state index contributed by atoms with van der Waals surface area (Å²) < 4.78 is 117. The van der Waals surface area contributed by atoms with Crippen molar-refractivity contribution in [2.75, 3.05) is 19.8 Å². The third-order valence-corrected chi connectivity index (χ3v) is 10.6. The SMILES string of the molecule is C=CCOC1OC(COS(=O)(=O)O)[C@H](O)[C@H](OC2OC(C(=O)O)[C@H](OC3OC(COS(=O)(=O)O)[C@H](O)[C@H](O[C@@H]4OC(C(=O)O)[C@H](O)[C@H](O)C4O)[C@H]3NC(C)=O)[C@H](O)[C@H]2O)[C@H]1NC(C)=O. The molecule has 0 radical (unpaired) electrons. The number of hydrogen-bond acceptors (Lipinski definition) is 25. The summed E-state index contributed by atoms with van der Waals surface area (Å²) in [4.78, 5) is 49.2. The molecule has 31 nitrogen and oxygen atoms in total. The Bertz CT molecular complexity index is 1880. The second-order valence-electron chi connectivity index (χ2n) is 14.3. The number of ether oxygens (including phenoxy) is 8. The Kier molecular flexibility index (Phi) is 18.4. The van der Waals surface area contributed by atoms with Gasteiger partial charge in [0.05, 0.1) is 19.8 Å². The summed E-state index contributed by atoms with van der Waals surface area (Å²) in [6, 6.07) is -3.63. The molecule has 8 unspecified atom stereocenters. The third kappa shape index (κ3) is 13.4. The van der Waals surface area contributed by atoms with E-state index in [-0.39, 0.29) is 6.61 Å². The number of carboxylic acid groups (broad SMARTS) is 2. The first-order chi connectivity index (χ1) is 29.6. The van der Waals surface area contributed by atoms with Crippen LogP contribution in [0.15, 0.2) is 12.7 Å². The molecule has 2 amide bonds. The van der Waals surface area contributed by atoms with Gasteiger partial charge >= 0.3 is 32.7 Å². The summed E-state index contributed by atoms with van der Waals surface area (Å²) in [6.07, 6.45) is -38.7. The predicted molar refractivity (Wildman–Crippen MR) is 193 cm³/mol. The van der Waals surface area contributed by atoms with Crippen molar-refractivity contribution in [3.8, 4) is 0 Å². The van der Waals surface area contributed by atoms with Gasteiger partial charge in [-0.2, -0.15) is 16.8 Å². The van der Waals surface area contributed by atoms with Crippen LogP contribution in [0.2, 0.25) is 0 Å². The number of nitrogens with one attached hydrogen (secondary N) is 2. The molecule has 4 aliphatic heterocycles. The van der Waals surface area contributed by atoms with E-state index in [2.05, 4.69) is 25.6 Å². The number of hydrogen-bond donors (Lipinski definition) is 13. The van der Waals surface area contributed by atoms with E-state index in [1.165, 1.54) is 6.08 Å². The van der Waals surface area contributed by atoms with E-state index in [4.69, 9.17) is 42.4 Å². The molecule has 0 spiro atoms. The van der Waals surface area contributed by atoms with Gasteiger partial charge in [0.15, 0.2) is 37.4 Å². The number of amides is 2. The van der Waals surface area contributed by atoms with Gasteiger partial charge in [-0.3, -0.25) is 18.7 Å². The molecule has 4 aliphatic rings. The second kappa shape index (κ2) is 22.0. The van der Waals surface area contributed by atoms with Crippen molar-refractivity contribution in [1.82, 2.24) is 10.6 Å². The van der Waals surface area contributed by atoms with Crippen molar-refractivity contribution >= 4 is 44.6 Å². The Morgan fingerprint density at radius 1 is 0.562 bits per heavy atom. The van der Waals surface area contributed by atoms with E-state index in [1.807, 2.05) is 0 Å². The van der Waals surface area contributed by atoms with Crippen molar-refractivity contribution in [3.63, 3.8) is 0 Å². The van der Waals surface area contributed by atoms with Gasteiger partial charge in [0, 0.05) is 13.8 Å². The second-order valence-corrected chi connectivity index (χ2v) is 16.5. The van der Waals surface area contributed by atoms with Crippen molar-refractivity contribution in [2.24, 2.45) is 0 Å². The van der Waals surface area contributed by atoms with Gasteiger partial charge in [-0.1, -0.05) is 6.08 Å². The topological polar surface area (TPSA) is 475 Å². The van der Waals surface area contributed by atoms with E-state index in [0.717, 1.165) is 13.8 Å². The van der Waals surface area contributed by atoms with Gasteiger partial charge < -0.3 is 94.5 Å².